The summed E-state index contributed by atoms with van der Waals surface area (Å²) in [5, 5.41) is 7.97. The first-order valence-corrected chi connectivity index (χ1v) is 2.57. The lowest BCUT2D eigenvalue weighted by molar-refractivity contribution is 0.286. The van der Waals surface area contributed by atoms with Crippen LogP contribution < -0.4 is 0 Å². The minimum Gasteiger partial charge on any atom is -0.462 e. The van der Waals surface area contributed by atoms with Crippen LogP contribution in [0.2, 0.25) is 0 Å². The van der Waals surface area contributed by atoms with Crippen LogP contribution in [-0.2, 0) is 4.74 Å². The van der Waals surface area contributed by atoms with Gasteiger partial charge in [-0.05, 0) is 0 Å². The largest absolute Gasteiger partial charge is 0.462 e. The highest BCUT2D eigenvalue weighted by molar-refractivity contribution is 4.90. The molecule has 1 N–H and O–H groups in total. The molecular formula is C7H8O2. The van der Waals surface area contributed by atoms with Crippen molar-refractivity contribution in [3.05, 3.63) is 0 Å². The third kappa shape index (κ3) is 6.72. The van der Waals surface area contributed by atoms with E-state index in [2.05, 4.69) is 17.9 Å². The molecule has 2 nitrogen and oxygen atoms in total. The van der Waals surface area contributed by atoms with Crippen LogP contribution in [0.3, 0.4) is 0 Å². The average molecular weight is 124 g/mol. The summed E-state index contributed by atoms with van der Waals surface area (Å²) in [6.07, 6.45) is 4.69. The highest BCUT2D eigenvalue weighted by atomic mass is 16.5. The van der Waals surface area contributed by atoms with E-state index in [4.69, 9.17) is 9.84 Å². The van der Waals surface area contributed by atoms with Gasteiger partial charge in [-0.15, -0.1) is 0 Å². The molecule has 0 atom stereocenters. The van der Waals surface area contributed by atoms with E-state index in [1.165, 1.54) is 0 Å². The predicted octanol–water partition coefficient (Wildman–Crippen LogP) is 0.707. The summed E-state index contributed by atoms with van der Waals surface area (Å²) in [7, 11) is 0. The van der Waals surface area contributed by atoms with Crippen molar-refractivity contribution < 1.29 is 9.84 Å². The molecule has 0 aromatic carbocycles. The molecule has 0 rings (SSSR count). The van der Waals surface area contributed by atoms with Gasteiger partial charge in [-0.2, -0.15) is 0 Å². The molecule has 0 heterocycles. The van der Waals surface area contributed by atoms with Gasteiger partial charge in [-0.25, -0.2) is 0 Å². The Morgan fingerprint density at radius 3 is 2.89 bits per heavy atom. The molecule has 0 aromatic heterocycles. The van der Waals surface area contributed by atoms with Crippen LogP contribution in [0.25, 0.3) is 0 Å². The van der Waals surface area contributed by atoms with Crippen LogP contribution in [0, 0.1) is 24.1 Å². The van der Waals surface area contributed by atoms with Crippen molar-refractivity contribution in [3.8, 4) is 24.1 Å². The Hall–Kier alpha value is -1.28. The fraction of sp³-hybridized carbons (Fsp3) is 0.429. The summed E-state index contributed by atoms with van der Waals surface area (Å²) >= 11 is 0. The minimum atomic E-state index is 0.453. The van der Waals surface area contributed by atoms with Crippen molar-refractivity contribution in [2.45, 2.75) is 13.3 Å². The number of rotatable bonds is 2. The zero-order valence-corrected chi connectivity index (χ0v) is 5.27. The highest BCUT2D eigenvalue weighted by Gasteiger charge is 1.75. The number of hydrogen-bond donors (Lipinski definition) is 1. The molecule has 2 heteroatoms. The van der Waals surface area contributed by atoms with Crippen LogP contribution in [-0.4, -0.2) is 11.7 Å². The molecule has 0 saturated heterocycles. The first-order valence-electron chi connectivity index (χ1n) is 2.57. The summed E-state index contributed by atoms with van der Waals surface area (Å²) in [6.45, 7) is 2.14. The van der Waals surface area contributed by atoms with E-state index in [-0.39, 0.29) is 0 Å². The average Bonchev–Trinajstić information content (AvgIpc) is 1.89. The molecule has 0 spiro atoms. The second-order valence-electron chi connectivity index (χ2n) is 1.24. The van der Waals surface area contributed by atoms with Gasteiger partial charge in [0.15, 0.2) is 0 Å². The van der Waals surface area contributed by atoms with Crippen molar-refractivity contribution in [3.63, 3.8) is 0 Å². The van der Waals surface area contributed by atoms with Crippen LogP contribution >= 0.6 is 0 Å². The molecule has 0 aliphatic rings. The number of aliphatic hydroxyl groups is 1. The van der Waals surface area contributed by atoms with E-state index in [0.717, 1.165) is 0 Å². The molecule has 0 aliphatic carbocycles. The molecule has 0 amide bonds. The molecule has 9 heavy (non-hydrogen) atoms. The van der Waals surface area contributed by atoms with Crippen molar-refractivity contribution in [2.75, 3.05) is 6.61 Å². The van der Waals surface area contributed by atoms with Gasteiger partial charge < -0.3 is 9.84 Å². The van der Waals surface area contributed by atoms with Crippen LogP contribution in [0.15, 0.2) is 0 Å². The van der Waals surface area contributed by atoms with Crippen molar-refractivity contribution in [1.29, 1.82) is 0 Å². The summed E-state index contributed by atoms with van der Waals surface area (Å²) in [5.74, 6) is 4.98. The maximum Gasteiger partial charge on any atom is 0.111 e. The lowest BCUT2D eigenvalue weighted by Gasteiger charge is -1.87. The Labute approximate surface area is 54.8 Å². The van der Waals surface area contributed by atoms with E-state index < -0.39 is 0 Å². The molecule has 0 fully saturated rings. The molecule has 0 saturated carbocycles. The Bertz CT molecular complexity index is 143. The molecule has 0 bridgehead atoms. The standard InChI is InChI=1S/C7H8O2/c1-2-6-9-7-4-3-5-8/h8H,4,7H2,1H3. The van der Waals surface area contributed by atoms with E-state index in [9.17, 15) is 0 Å². The second kappa shape index (κ2) is 6.72. The molecular weight excluding hydrogens is 116 g/mol. The van der Waals surface area contributed by atoms with Gasteiger partial charge in [0.05, 0.1) is 0 Å². The first-order chi connectivity index (χ1) is 4.41. The van der Waals surface area contributed by atoms with Gasteiger partial charge in [0.25, 0.3) is 0 Å². The van der Waals surface area contributed by atoms with Crippen LogP contribution in [0.1, 0.15) is 13.3 Å². The zero-order valence-electron chi connectivity index (χ0n) is 5.27. The minimum absolute atomic E-state index is 0.453. The normalized spacial score (nSPS) is 5.89. The Morgan fingerprint density at radius 1 is 1.56 bits per heavy atom. The first kappa shape index (κ1) is 7.72. The number of hydrogen-bond acceptors (Lipinski definition) is 2. The van der Waals surface area contributed by atoms with Crippen molar-refractivity contribution in [1.82, 2.24) is 0 Å². The van der Waals surface area contributed by atoms with Crippen molar-refractivity contribution in [2.24, 2.45) is 0 Å². The lowest BCUT2D eigenvalue weighted by atomic mass is 10.5. The van der Waals surface area contributed by atoms with E-state index in [1.807, 2.05) is 0 Å². The van der Waals surface area contributed by atoms with Gasteiger partial charge in [0.1, 0.15) is 18.8 Å². The summed E-state index contributed by atoms with van der Waals surface area (Å²) in [4.78, 5) is 0. The maximum atomic E-state index is 7.97. The van der Waals surface area contributed by atoms with E-state index >= 15 is 0 Å². The van der Waals surface area contributed by atoms with Crippen molar-refractivity contribution >= 4 is 0 Å². The summed E-state index contributed by atoms with van der Waals surface area (Å²) in [5.41, 5.74) is 0. The molecule has 48 valence electrons. The SMILES string of the molecule is CC#COCCC#CO. The number of aliphatic hydroxyl groups excluding tert-OH is 1. The quantitative estimate of drug-likeness (QED) is 0.434. The fourth-order valence-electron chi connectivity index (χ4n) is 0.281. The topological polar surface area (TPSA) is 29.5 Å². The monoisotopic (exact) mass is 124 g/mol. The zero-order chi connectivity index (χ0) is 6.95. The smallest absolute Gasteiger partial charge is 0.111 e. The fourth-order valence-corrected chi connectivity index (χ4v) is 0.281. The summed E-state index contributed by atoms with van der Waals surface area (Å²) in [6, 6.07) is 0. The Kier molecular flexibility index (Phi) is 5.76. The molecule has 0 unspecified atom stereocenters. The van der Waals surface area contributed by atoms with E-state index in [0.29, 0.717) is 13.0 Å². The molecule has 0 radical (unpaired) electrons. The maximum absolute atomic E-state index is 7.97. The molecule has 0 aliphatic heterocycles. The Balaban J connectivity index is 3.04. The van der Waals surface area contributed by atoms with Gasteiger partial charge >= 0.3 is 0 Å². The second-order valence-corrected chi connectivity index (χ2v) is 1.24. The number of ether oxygens (including phenoxy) is 1. The van der Waals surface area contributed by atoms with Gasteiger partial charge in [0.2, 0.25) is 0 Å². The van der Waals surface area contributed by atoms with E-state index in [1.54, 1.807) is 13.0 Å². The third-order valence-corrected chi connectivity index (χ3v) is 0.582. The van der Waals surface area contributed by atoms with Crippen LogP contribution in [0.4, 0.5) is 0 Å². The van der Waals surface area contributed by atoms with Gasteiger partial charge in [-0.3, -0.25) is 0 Å². The van der Waals surface area contributed by atoms with Gasteiger partial charge in [0, 0.05) is 13.3 Å². The lowest BCUT2D eigenvalue weighted by Crippen LogP contribution is -1.83. The third-order valence-electron chi connectivity index (χ3n) is 0.582. The predicted molar refractivity (Wildman–Crippen MR) is 33.7 cm³/mol. The Morgan fingerprint density at radius 2 is 2.33 bits per heavy atom. The summed E-state index contributed by atoms with van der Waals surface area (Å²) < 4.78 is 4.71. The van der Waals surface area contributed by atoms with Crippen LogP contribution in [0.5, 0.6) is 0 Å². The highest BCUT2D eigenvalue weighted by Crippen LogP contribution is 1.76. The van der Waals surface area contributed by atoms with Gasteiger partial charge in [-0.1, -0.05) is 11.8 Å². The molecule has 0 aromatic rings.